The summed E-state index contributed by atoms with van der Waals surface area (Å²) in [4.78, 5) is 7.32. The van der Waals surface area contributed by atoms with Gasteiger partial charge in [-0.1, -0.05) is 17.8 Å². The van der Waals surface area contributed by atoms with E-state index in [9.17, 15) is 0 Å². The monoisotopic (exact) mass is 380 g/mol. The van der Waals surface area contributed by atoms with Gasteiger partial charge in [-0.2, -0.15) is 5.10 Å². The number of piperidine rings is 1. The van der Waals surface area contributed by atoms with Gasteiger partial charge in [-0.15, -0.1) is 5.10 Å². The number of oxime groups is 1. The summed E-state index contributed by atoms with van der Waals surface area (Å²) >= 11 is 0. The Kier molecular flexibility index (Phi) is 7.41. The molecule has 6 nitrogen and oxygen atoms in total. The van der Waals surface area contributed by atoms with Crippen LogP contribution in [0.25, 0.3) is 0 Å². The van der Waals surface area contributed by atoms with E-state index < -0.39 is 0 Å². The zero-order valence-corrected chi connectivity index (χ0v) is 16.5. The number of aromatic nitrogens is 2. The van der Waals surface area contributed by atoms with Crippen LogP contribution in [-0.4, -0.2) is 42.7 Å². The van der Waals surface area contributed by atoms with Crippen molar-refractivity contribution in [3.05, 3.63) is 60.3 Å². The molecule has 0 unspecified atom stereocenters. The molecule has 0 amide bonds. The number of anilines is 1. The van der Waals surface area contributed by atoms with Gasteiger partial charge in [0.05, 0.1) is 18.5 Å². The fourth-order valence-corrected chi connectivity index (χ4v) is 3.20. The maximum Gasteiger partial charge on any atom is 0.151 e. The third-order valence-electron chi connectivity index (χ3n) is 4.87. The molecule has 0 radical (unpaired) electrons. The number of nitrogens with zero attached hydrogens (tertiary/aromatic N) is 4. The maximum absolute atomic E-state index is 5.91. The normalized spacial score (nSPS) is 15.0. The maximum atomic E-state index is 5.91. The SMILES string of the molecule is C=CCO/N=C/c1ccc(OCCC2CCN(c3ccc(C)nn3)CC2)cc1. The molecule has 1 aromatic carbocycles. The first-order valence-electron chi connectivity index (χ1n) is 9.79. The Bertz CT molecular complexity index is 751. The van der Waals surface area contributed by atoms with Crippen molar-refractivity contribution in [1.29, 1.82) is 0 Å². The van der Waals surface area contributed by atoms with Crippen LogP contribution in [-0.2, 0) is 4.84 Å². The van der Waals surface area contributed by atoms with E-state index in [0.29, 0.717) is 12.5 Å². The van der Waals surface area contributed by atoms with Gasteiger partial charge in [-0.3, -0.25) is 0 Å². The molecule has 6 heteroatoms. The van der Waals surface area contributed by atoms with Crippen molar-refractivity contribution < 1.29 is 9.57 Å². The Morgan fingerprint density at radius 1 is 1.14 bits per heavy atom. The van der Waals surface area contributed by atoms with Crippen molar-refractivity contribution in [2.75, 3.05) is 31.2 Å². The molecule has 0 bridgehead atoms. The molecule has 2 aromatic rings. The number of rotatable bonds is 9. The lowest BCUT2D eigenvalue weighted by Gasteiger charge is -2.32. The Morgan fingerprint density at radius 2 is 1.93 bits per heavy atom. The molecule has 148 valence electrons. The molecule has 1 aromatic heterocycles. The highest BCUT2D eigenvalue weighted by Gasteiger charge is 2.20. The first-order chi connectivity index (χ1) is 13.7. The van der Waals surface area contributed by atoms with Crippen molar-refractivity contribution in [1.82, 2.24) is 10.2 Å². The van der Waals surface area contributed by atoms with E-state index in [1.807, 2.05) is 37.3 Å². The minimum atomic E-state index is 0.412. The van der Waals surface area contributed by atoms with Crippen LogP contribution < -0.4 is 9.64 Å². The molecule has 1 saturated heterocycles. The zero-order chi connectivity index (χ0) is 19.6. The second kappa shape index (κ2) is 10.4. The topological polar surface area (TPSA) is 59.8 Å². The lowest BCUT2D eigenvalue weighted by Crippen LogP contribution is -2.34. The second-order valence-corrected chi connectivity index (χ2v) is 6.99. The van der Waals surface area contributed by atoms with Crippen molar-refractivity contribution >= 4 is 12.0 Å². The molecule has 1 aliphatic rings. The summed E-state index contributed by atoms with van der Waals surface area (Å²) in [5.74, 6) is 2.57. The van der Waals surface area contributed by atoms with Gasteiger partial charge in [0.25, 0.3) is 0 Å². The van der Waals surface area contributed by atoms with E-state index in [4.69, 9.17) is 9.57 Å². The molecule has 2 heterocycles. The predicted molar refractivity (Wildman–Crippen MR) is 112 cm³/mol. The number of aryl methyl sites for hydroxylation is 1. The summed E-state index contributed by atoms with van der Waals surface area (Å²) in [6, 6.07) is 12.0. The van der Waals surface area contributed by atoms with E-state index in [1.54, 1.807) is 12.3 Å². The average Bonchev–Trinajstić information content (AvgIpc) is 2.73. The average molecular weight is 380 g/mol. The Hall–Kier alpha value is -2.89. The summed E-state index contributed by atoms with van der Waals surface area (Å²) in [6.45, 7) is 8.75. The van der Waals surface area contributed by atoms with Crippen LogP contribution in [0.3, 0.4) is 0 Å². The lowest BCUT2D eigenvalue weighted by atomic mass is 9.94. The quantitative estimate of drug-likeness (QED) is 0.285. The van der Waals surface area contributed by atoms with Crippen LogP contribution in [0.5, 0.6) is 5.75 Å². The number of hydrogen-bond acceptors (Lipinski definition) is 6. The van der Waals surface area contributed by atoms with Crippen LogP contribution in [0.15, 0.2) is 54.2 Å². The van der Waals surface area contributed by atoms with Gasteiger partial charge in [0, 0.05) is 13.1 Å². The summed E-state index contributed by atoms with van der Waals surface area (Å²) in [5.41, 5.74) is 1.93. The van der Waals surface area contributed by atoms with Crippen molar-refractivity contribution in [2.45, 2.75) is 26.2 Å². The van der Waals surface area contributed by atoms with Crippen molar-refractivity contribution in [2.24, 2.45) is 11.1 Å². The van der Waals surface area contributed by atoms with Gasteiger partial charge in [0.15, 0.2) is 5.82 Å². The van der Waals surface area contributed by atoms with E-state index in [-0.39, 0.29) is 0 Å². The highest BCUT2D eigenvalue weighted by atomic mass is 16.6. The summed E-state index contributed by atoms with van der Waals surface area (Å²) in [5, 5.41) is 12.3. The first kappa shape index (κ1) is 19.9. The lowest BCUT2D eigenvalue weighted by molar-refractivity contribution is 0.176. The number of ether oxygens (including phenoxy) is 1. The predicted octanol–water partition coefficient (Wildman–Crippen LogP) is 4.01. The van der Waals surface area contributed by atoms with Crippen LogP contribution in [0.2, 0.25) is 0 Å². The number of hydrogen-bond donors (Lipinski definition) is 0. The Morgan fingerprint density at radius 3 is 2.61 bits per heavy atom. The molecular weight excluding hydrogens is 352 g/mol. The summed E-state index contributed by atoms with van der Waals surface area (Å²) < 4.78 is 5.91. The van der Waals surface area contributed by atoms with Gasteiger partial charge in [0.1, 0.15) is 12.4 Å². The van der Waals surface area contributed by atoms with Gasteiger partial charge in [0.2, 0.25) is 0 Å². The van der Waals surface area contributed by atoms with E-state index in [1.165, 1.54) is 12.8 Å². The Balaban J connectivity index is 1.36. The zero-order valence-electron chi connectivity index (χ0n) is 16.5. The van der Waals surface area contributed by atoms with Gasteiger partial charge in [-0.25, -0.2) is 0 Å². The summed E-state index contributed by atoms with van der Waals surface area (Å²) in [6.07, 6.45) is 6.75. The molecular formula is C22H28N4O2. The second-order valence-electron chi connectivity index (χ2n) is 6.99. The number of benzene rings is 1. The molecule has 0 N–H and O–H groups in total. The third-order valence-corrected chi connectivity index (χ3v) is 4.87. The van der Waals surface area contributed by atoms with Crippen LogP contribution in [0.4, 0.5) is 5.82 Å². The standard InChI is InChI=1S/C22H28N4O2/c1-3-15-28-23-17-20-5-7-21(8-6-20)27-16-12-19-10-13-26(14-11-19)22-9-4-18(2)24-25-22/h3-9,17,19H,1,10-16H2,2H3/b23-17+. The smallest absolute Gasteiger partial charge is 0.151 e. The van der Waals surface area contributed by atoms with Crippen molar-refractivity contribution in [3.63, 3.8) is 0 Å². The van der Waals surface area contributed by atoms with Crippen LogP contribution in [0.1, 0.15) is 30.5 Å². The van der Waals surface area contributed by atoms with E-state index in [0.717, 1.165) is 48.9 Å². The Labute approximate surface area is 166 Å². The molecule has 28 heavy (non-hydrogen) atoms. The first-order valence-corrected chi connectivity index (χ1v) is 9.79. The van der Waals surface area contributed by atoms with E-state index in [2.05, 4.69) is 32.9 Å². The van der Waals surface area contributed by atoms with Crippen LogP contribution in [0, 0.1) is 12.8 Å². The van der Waals surface area contributed by atoms with Gasteiger partial charge < -0.3 is 14.5 Å². The largest absolute Gasteiger partial charge is 0.494 e. The fourth-order valence-electron chi connectivity index (χ4n) is 3.20. The molecule has 0 spiro atoms. The third kappa shape index (κ3) is 6.08. The highest BCUT2D eigenvalue weighted by Crippen LogP contribution is 2.24. The summed E-state index contributed by atoms with van der Waals surface area (Å²) in [7, 11) is 0. The molecule has 3 rings (SSSR count). The molecule has 1 aliphatic heterocycles. The van der Waals surface area contributed by atoms with E-state index >= 15 is 0 Å². The molecule has 0 aliphatic carbocycles. The van der Waals surface area contributed by atoms with Gasteiger partial charge >= 0.3 is 0 Å². The molecule has 1 fully saturated rings. The van der Waals surface area contributed by atoms with Crippen molar-refractivity contribution in [3.8, 4) is 5.75 Å². The minimum absolute atomic E-state index is 0.412. The minimum Gasteiger partial charge on any atom is -0.494 e. The van der Waals surface area contributed by atoms with Crippen LogP contribution >= 0.6 is 0 Å². The fraction of sp³-hybridized carbons (Fsp3) is 0.409. The van der Waals surface area contributed by atoms with Gasteiger partial charge in [-0.05, 0) is 74.1 Å². The highest BCUT2D eigenvalue weighted by molar-refractivity contribution is 5.79. The molecule has 0 atom stereocenters. The molecule has 0 saturated carbocycles.